The lowest BCUT2D eigenvalue weighted by atomic mass is 10.1. The van der Waals surface area contributed by atoms with Crippen molar-refractivity contribution in [3.05, 3.63) is 65.2 Å². The van der Waals surface area contributed by atoms with Crippen LogP contribution in [-0.2, 0) is 13.1 Å². The van der Waals surface area contributed by atoms with Gasteiger partial charge in [-0.15, -0.1) is 24.0 Å². The summed E-state index contributed by atoms with van der Waals surface area (Å²) in [6.45, 7) is 3.52. The van der Waals surface area contributed by atoms with Crippen molar-refractivity contribution in [3.8, 4) is 5.75 Å². The SMILES string of the molecule is CN=C(NCc1ccccc1)NCc1ccc(OC)c(C)c1.I. The molecule has 0 aromatic heterocycles. The monoisotopic (exact) mass is 425 g/mol. The van der Waals surface area contributed by atoms with Gasteiger partial charge < -0.3 is 15.4 Å². The maximum Gasteiger partial charge on any atom is 0.191 e. The van der Waals surface area contributed by atoms with Gasteiger partial charge in [-0.2, -0.15) is 0 Å². The molecule has 0 saturated carbocycles. The Morgan fingerprint density at radius 3 is 2.22 bits per heavy atom. The van der Waals surface area contributed by atoms with Gasteiger partial charge in [-0.3, -0.25) is 4.99 Å². The van der Waals surface area contributed by atoms with Crippen molar-refractivity contribution in [2.24, 2.45) is 4.99 Å². The molecule has 4 nitrogen and oxygen atoms in total. The number of aryl methyl sites for hydroxylation is 1. The Kier molecular flexibility index (Phi) is 8.47. The van der Waals surface area contributed by atoms with E-state index in [1.807, 2.05) is 31.2 Å². The number of hydrogen-bond acceptors (Lipinski definition) is 2. The third-order valence-corrected chi connectivity index (χ3v) is 3.45. The average molecular weight is 425 g/mol. The number of benzene rings is 2. The van der Waals surface area contributed by atoms with Crippen LogP contribution < -0.4 is 15.4 Å². The molecule has 2 aromatic rings. The Bertz CT molecular complexity index is 629. The van der Waals surface area contributed by atoms with Gasteiger partial charge in [0.05, 0.1) is 7.11 Å². The van der Waals surface area contributed by atoms with Crippen LogP contribution in [0, 0.1) is 6.92 Å². The number of halogens is 1. The predicted molar refractivity (Wildman–Crippen MR) is 107 cm³/mol. The molecule has 0 aliphatic rings. The van der Waals surface area contributed by atoms with Crippen LogP contribution in [-0.4, -0.2) is 20.1 Å². The van der Waals surface area contributed by atoms with Gasteiger partial charge in [0.1, 0.15) is 5.75 Å². The van der Waals surface area contributed by atoms with E-state index in [-0.39, 0.29) is 24.0 Å². The van der Waals surface area contributed by atoms with E-state index in [2.05, 4.69) is 39.9 Å². The Balaban J connectivity index is 0.00000264. The van der Waals surface area contributed by atoms with Crippen molar-refractivity contribution in [1.82, 2.24) is 10.6 Å². The first-order valence-corrected chi connectivity index (χ1v) is 7.35. The molecule has 0 atom stereocenters. The molecular weight excluding hydrogens is 401 g/mol. The quantitative estimate of drug-likeness (QED) is 0.438. The normalized spacial score (nSPS) is 10.7. The number of methoxy groups -OCH3 is 1. The van der Waals surface area contributed by atoms with Crippen molar-refractivity contribution in [2.45, 2.75) is 20.0 Å². The predicted octanol–water partition coefficient (Wildman–Crippen LogP) is 3.49. The van der Waals surface area contributed by atoms with E-state index in [9.17, 15) is 0 Å². The minimum atomic E-state index is 0. The highest BCUT2D eigenvalue weighted by Crippen LogP contribution is 2.18. The van der Waals surface area contributed by atoms with E-state index < -0.39 is 0 Å². The molecule has 0 bridgehead atoms. The number of rotatable bonds is 5. The van der Waals surface area contributed by atoms with Crippen molar-refractivity contribution in [1.29, 1.82) is 0 Å². The largest absolute Gasteiger partial charge is 0.496 e. The summed E-state index contributed by atoms with van der Waals surface area (Å²) in [7, 11) is 3.47. The average Bonchev–Trinajstić information content (AvgIpc) is 2.56. The fourth-order valence-corrected chi connectivity index (χ4v) is 2.24. The van der Waals surface area contributed by atoms with E-state index in [1.165, 1.54) is 11.1 Å². The Labute approximate surface area is 155 Å². The summed E-state index contributed by atoms with van der Waals surface area (Å²) in [6, 6.07) is 16.4. The minimum Gasteiger partial charge on any atom is -0.496 e. The molecule has 0 aliphatic heterocycles. The summed E-state index contributed by atoms with van der Waals surface area (Å²) in [5.74, 6) is 1.70. The van der Waals surface area contributed by atoms with Crippen LogP contribution in [0.1, 0.15) is 16.7 Å². The number of hydrogen-bond donors (Lipinski definition) is 2. The van der Waals surface area contributed by atoms with Gasteiger partial charge in [0.25, 0.3) is 0 Å². The van der Waals surface area contributed by atoms with Gasteiger partial charge in [0.15, 0.2) is 5.96 Å². The lowest BCUT2D eigenvalue weighted by molar-refractivity contribution is 0.411. The fraction of sp³-hybridized carbons (Fsp3) is 0.278. The number of nitrogens with zero attached hydrogens (tertiary/aromatic N) is 1. The second-order valence-corrected chi connectivity index (χ2v) is 5.07. The standard InChI is InChI=1S/C18H23N3O.HI/c1-14-11-16(9-10-17(14)22-3)13-21-18(19-2)20-12-15-7-5-4-6-8-15;/h4-11H,12-13H2,1-3H3,(H2,19,20,21);1H. The van der Waals surface area contributed by atoms with E-state index >= 15 is 0 Å². The highest BCUT2D eigenvalue weighted by Gasteiger charge is 2.02. The lowest BCUT2D eigenvalue weighted by Gasteiger charge is -2.13. The van der Waals surface area contributed by atoms with Crippen molar-refractivity contribution in [2.75, 3.05) is 14.2 Å². The topological polar surface area (TPSA) is 45.7 Å². The summed E-state index contributed by atoms with van der Waals surface area (Å²) < 4.78 is 5.28. The molecular formula is C18H24IN3O. The van der Waals surface area contributed by atoms with Gasteiger partial charge in [0, 0.05) is 20.1 Å². The summed E-state index contributed by atoms with van der Waals surface area (Å²) in [4.78, 5) is 4.24. The molecule has 23 heavy (non-hydrogen) atoms. The molecule has 2 rings (SSSR count). The molecule has 0 aliphatic carbocycles. The van der Waals surface area contributed by atoms with E-state index in [4.69, 9.17) is 4.74 Å². The van der Waals surface area contributed by atoms with Gasteiger partial charge in [-0.05, 0) is 29.7 Å². The molecule has 5 heteroatoms. The zero-order valence-corrected chi connectivity index (χ0v) is 16.1. The molecule has 0 saturated heterocycles. The molecule has 0 radical (unpaired) electrons. The third kappa shape index (κ3) is 6.09. The highest BCUT2D eigenvalue weighted by molar-refractivity contribution is 14.0. The molecule has 0 spiro atoms. The number of guanidine groups is 1. The van der Waals surface area contributed by atoms with E-state index in [0.29, 0.717) is 0 Å². The number of aliphatic imine (C=N–C) groups is 1. The van der Waals surface area contributed by atoms with Crippen molar-refractivity contribution >= 4 is 29.9 Å². The highest BCUT2D eigenvalue weighted by atomic mass is 127. The van der Waals surface area contributed by atoms with Crippen LogP contribution in [0.5, 0.6) is 5.75 Å². The van der Waals surface area contributed by atoms with Crippen molar-refractivity contribution < 1.29 is 4.74 Å². The summed E-state index contributed by atoms with van der Waals surface area (Å²) in [6.07, 6.45) is 0. The molecule has 0 fully saturated rings. The lowest BCUT2D eigenvalue weighted by Crippen LogP contribution is -2.36. The van der Waals surface area contributed by atoms with Crippen LogP contribution in [0.25, 0.3) is 0 Å². The minimum absolute atomic E-state index is 0. The fourth-order valence-electron chi connectivity index (χ4n) is 2.24. The smallest absolute Gasteiger partial charge is 0.191 e. The number of nitrogens with one attached hydrogen (secondary N) is 2. The molecule has 0 unspecified atom stereocenters. The van der Waals surface area contributed by atoms with Gasteiger partial charge in [0.2, 0.25) is 0 Å². The van der Waals surface area contributed by atoms with Crippen molar-refractivity contribution in [3.63, 3.8) is 0 Å². The number of ether oxygens (including phenoxy) is 1. The Hall–Kier alpha value is -1.76. The third-order valence-electron chi connectivity index (χ3n) is 3.45. The van der Waals surface area contributed by atoms with Crippen LogP contribution in [0.4, 0.5) is 0 Å². The summed E-state index contributed by atoms with van der Waals surface area (Å²) >= 11 is 0. The molecule has 0 heterocycles. The first-order valence-electron chi connectivity index (χ1n) is 7.35. The molecule has 2 aromatic carbocycles. The summed E-state index contributed by atoms with van der Waals surface area (Å²) in [5.41, 5.74) is 3.56. The molecule has 124 valence electrons. The van der Waals surface area contributed by atoms with E-state index in [1.54, 1.807) is 14.2 Å². The maximum absolute atomic E-state index is 5.28. The van der Waals surface area contributed by atoms with Gasteiger partial charge in [-0.25, -0.2) is 0 Å². The van der Waals surface area contributed by atoms with Crippen LogP contribution >= 0.6 is 24.0 Å². The molecule has 0 amide bonds. The maximum atomic E-state index is 5.28. The Morgan fingerprint density at radius 1 is 1.00 bits per heavy atom. The Morgan fingerprint density at radius 2 is 1.65 bits per heavy atom. The first kappa shape index (κ1) is 19.3. The molecule has 2 N–H and O–H groups in total. The zero-order valence-electron chi connectivity index (χ0n) is 13.8. The van der Waals surface area contributed by atoms with Crippen LogP contribution in [0.15, 0.2) is 53.5 Å². The van der Waals surface area contributed by atoms with Gasteiger partial charge >= 0.3 is 0 Å². The van der Waals surface area contributed by atoms with Gasteiger partial charge in [-0.1, -0.05) is 42.5 Å². The second-order valence-electron chi connectivity index (χ2n) is 5.07. The van der Waals surface area contributed by atoms with Crippen LogP contribution in [0.2, 0.25) is 0 Å². The second kappa shape index (κ2) is 10.1. The first-order chi connectivity index (χ1) is 10.7. The zero-order chi connectivity index (χ0) is 15.8. The van der Waals surface area contributed by atoms with E-state index in [0.717, 1.165) is 30.4 Å². The summed E-state index contributed by atoms with van der Waals surface area (Å²) in [5, 5.41) is 6.63. The van der Waals surface area contributed by atoms with Crippen LogP contribution in [0.3, 0.4) is 0 Å².